The van der Waals surface area contributed by atoms with Crippen LogP contribution in [0.15, 0.2) is 75.8 Å². The van der Waals surface area contributed by atoms with Gasteiger partial charge in [0.25, 0.3) is 5.91 Å². The van der Waals surface area contributed by atoms with E-state index in [0.717, 1.165) is 15.6 Å². The Labute approximate surface area is 204 Å². The number of amides is 1. The number of methoxy groups -OCH3 is 2. The summed E-state index contributed by atoms with van der Waals surface area (Å²) in [7, 11) is 3.14. The van der Waals surface area contributed by atoms with Crippen LogP contribution in [0.25, 0.3) is 0 Å². The first-order valence-electron chi connectivity index (χ1n) is 10.2. The van der Waals surface area contributed by atoms with Crippen molar-refractivity contribution >= 4 is 39.0 Å². The number of benzene rings is 2. The first kappa shape index (κ1) is 23.1. The Morgan fingerprint density at radius 3 is 2.45 bits per heavy atom. The van der Waals surface area contributed by atoms with Crippen molar-refractivity contribution in [3.63, 3.8) is 0 Å². The molecule has 8 heteroatoms. The number of aliphatic hydroxyl groups is 1. The summed E-state index contributed by atoms with van der Waals surface area (Å²) in [5.41, 5.74) is 1.80. The van der Waals surface area contributed by atoms with E-state index in [9.17, 15) is 14.7 Å². The third kappa shape index (κ3) is 4.54. The molecule has 6 nitrogen and oxygen atoms in total. The first-order chi connectivity index (χ1) is 15.9. The van der Waals surface area contributed by atoms with Gasteiger partial charge in [-0.3, -0.25) is 9.59 Å². The standard InChI is InChI=1S/C25H22BrNO5S/c1-31-18-10-5-15(14-19(18)32-2)11-12-27-22(16-6-8-17(26)9-7-16)21(24(29)25(27)30)23(28)20-4-3-13-33-20/h3-10,13-14,22,29H,11-12H2,1-2H3/t22-/m1/s1. The van der Waals surface area contributed by atoms with E-state index in [1.165, 1.54) is 11.3 Å². The number of thiophene rings is 1. The van der Waals surface area contributed by atoms with Crippen LogP contribution in [0.1, 0.15) is 26.8 Å². The van der Waals surface area contributed by atoms with E-state index in [-0.39, 0.29) is 11.4 Å². The lowest BCUT2D eigenvalue weighted by atomic mass is 9.95. The Morgan fingerprint density at radius 2 is 1.82 bits per heavy atom. The monoisotopic (exact) mass is 527 g/mol. The Morgan fingerprint density at radius 1 is 1.09 bits per heavy atom. The molecule has 1 aromatic heterocycles. The molecule has 3 aromatic rings. The summed E-state index contributed by atoms with van der Waals surface area (Å²) in [4.78, 5) is 28.4. The molecule has 0 spiro atoms. The van der Waals surface area contributed by atoms with Crippen molar-refractivity contribution in [3.8, 4) is 11.5 Å². The van der Waals surface area contributed by atoms with E-state index >= 15 is 0 Å². The lowest BCUT2D eigenvalue weighted by Crippen LogP contribution is -2.33. The minimum Gasteiger partial charge on any atom is -0.503 e. The van der Waals surface area contributed by atoms with Gasteiger partial charge in [-0.05, 0) is 53.3 Å². The van der Waals surface area contributed by atoms with Crippen LogP contribution in [-0.2, 0) is 11.2 Å². The van der Waals surface area contributed by atoms with E-state index in [2.05, 4.69) is 15.9 Å². The summed E-state index contributed by atoms with van der Waals surface area (Å²) in [6.45, 7) is 0.306. The van der Waals surface area contributed by atoms with Crippen LogP contribution >= 0.6 is 27.3 Å². The fraction of sp³-hybridized carbons (Fsp3) is 0.200. The zero-order valence-corrected chi connectivity index (χ0v) is 20.5. The maximum atomic E-state index is 13.3. The van der Waals surface area contributed by atoms with Crippen LogP contribution < -0.4 is 9.47 Å². The Kier molecular flexibility index (Phi) is 6.85. The molecule has 2 heterocycles. The molecule has 0 radical (unpaired) electrons. The molecule has 0 saturated carbocycles. The van der Waals surface area contributed by atoms with Gasteiger partial charge in [-0.1, -0.05) is 40.2 Å². The number of carbonyl (C=O) groups is 2. The molecule has 0 saturated heterocycles. The topological polar surface area (TPSA) is 76.1 Å². The number of hydrogen-bond acceptors (Lipinski definition) is 6. The smallest absolute Gasteiger partial charge is 0.290 e. The van der Waals surface area contributed by atoms with Crippen molar-refractivity contribution in [1.29, 1.82) is 0 Å². The van der Waals surface area contributed by atoms with Gasteiger partial charge in [0.05, 0.1) is 30.7 Å². The van der Waals surface area contributed by atoms with Gasteiger partial charge in [0.1, 0.15) is 0 Å². The quantitative estimate of drug-likeness (QED) is 0.399. The zero-order chi connectivity index (χ0) is 23.5. The van der Waals surface area contributed by atoms with Crippen LogP contribution in [-0.4, -0.2) is 42.5 Å². The zero-order valence-electron chi connectivity index (χ0n) is 18.1. The van der Waals surface area contributed by atoms with Gasteiger partial charge < -0.3 is 19.5 Å². The predicted octanol–water partition coefficient (Wildman–Crippen LogP) is 5.35. The molecule has 1 aliphatic heterocycles. The third-order valence-electron chi connectivity index (χ3n) is 5.57. The van der Waals surface area contributed by atoms with Crippen molar-refractivity contribution in [3.05, 3.63) is 91.8 Å². The first-order valence-corrected chi connectivity index (χ1v) is 11.9. The van der Waals surface area contributed by atoms with Gasteiger partial charge >= 0.3 is 0 Å². The van der Waals surface area contributed by atoms with Crippen LogP contribution in [0.3, 0.4) is 0 Å². The summed E-state index contributed by atoms with van der Waals surface area (Å²) >= 11 is 4.71. The Hall–Kier alpha value is -3.10. The minimum atomic E-state index is -0.680. The minimum absolute atomic E-state index is 0.108. The molecule has 170 valence electrons. The molecule has 2 aromatic carbocycles. The van der Waals surface area contributed by atoms with Gasteiger partial charge in [-0.25, -0.2) is 0 Å². The van der Waals surface area contributed by atoms with E-state index in [1.54, 1.807) is 36.6 Å². The summed E-state index contributed by atoms with van der Waals surface area (Å²) in [6, 6.07) is 15.8. The van der Waals surface area contributed by atoms with Crippen molar-refractivity contribution in [2.45, 2.75) is 12.5 Å². The number of Topliss-reactive ketones (excluding diaryl/α,β-unsaturated/α-hetero) is 1. The number of rotatable bonds is 8. The second-order valence-electron chi connectivity index (χ2n) is 7.46. The highest BCUT2D eigenvalue weighted by atomic mass is 79.9. The van der Waals surface area contributed by atoms with Crippen LogP contribution in [0.2, 0.25) is 0 Å². The molecule has 1 amide bonds. The van der Waals surface area contributed by atoms with Crippen molar-refractivity contribution < 1.29 is 24.2 Å². The van der Waals surface area contributed by atoms with Gasteiger partial charge in [0.2, 0.25) is 5.78 Å². The second-order valence-corrected chi connectivity index (χ2v) is 9.32. The molecule has 33 heavy (non-hydrogen) atoms. The molecule has 0 fully saturated rings. The fourth-order valence-corrected chi connectivity index (χ4v) is 4.88. The average Bonchev–Trinajstić information content (AvgIpc) is 3.45. The number of halogens is 1. The maximum absolute atomic E-state index is 13.3. The van der Waals surface area contributed by atoms with Gasteiger partial charge in [-0.2, -0.15) is 0 Å². The molecule has 4 rings (SSSR count). The van der Waals surface area contributed by atoms with E-state index < -0.39 is 17.7 Å². The van der Waals surface area contributed by atoms with Crippen molar-refractivity contribution in [1.82, 2.24) is 4.90 Å². The SMILES string of the molecule is COc1ccc(CCN2C(=O)C(O)=C(C(=O)c3cccs3)[C@H]2c2ccc(Br)cc2)cc1OC. The number of ether oxygens (including phenoxy) is 2. The van der Waals surface area contributed by atoms with Crippen LogP contribution in [0.4, 0.5) is 0 Å². The van der Waals surface area contributed by atoms with E-state index in [4.69, 9.17) is 9.47 Å². The van der Waals surface area contributed by atoms with E-state index in [0.29, 0.717) is 29.3 Å². The third-order valence-corrected chi connectivity index (χ3v) is 6.97. The highest BCUT2D eigenvalue weighted by Crippen LogP contribution is 2.40. The molecular weight excluding hydrogens is 506 g/mol. The van der Waals surface area contributed by atoms with Gasteiger partial charge in [-0.15, -0.1) is 11.3 Å². The fourth-order valence-electron chi connectivity index (χ4n) is 3.93. The maximum Gasteiger partial charge on any atom is 0.290 e. The van der Waals surface area contributed by atoms with E-state index in [1.807, 2.05) is 42.5 Å². The van der Waals surface area contributed by atoms with Crippen LogP contribution in [0, 0.1) is 0 Å². The summed E-state index contributed by atoms with van der Waals surface area (Å²) in [6.07, 6.45) is 0.507. The molecule has 0 unspecified atom stereocenters. The molecular formula is C25H22BrNO5S. The Balaban J connectivity index is 1.67. The summed E-state index contributed by atoms with van der Waals surface area (Å²) < 4.78 is 11.5. The van der Waals surface area contributed by atoms with Crippen molar-refractivity contribution in [2.24, 2.45) is 0 Å². The van der Waals surface area contributed by atoms with Crippen molar-refractivity contribution in [2.75, 3.05) is 20.8 Å². The molecule has 1 atom stereocenters. The number of nitrogens with zero attached hydrogens (tertiary/aromatic N) is 1. The lowest BCUT2D eigenvalue weighted by Gasteiger charge is -2.27. The highest BCUT2D eigenvalue weighted by Gasteiger charge is 2.43. The lowest BCUT2D eigenvalue weighted by molar-refractivity contribution is -0.129. The molecule has 1 N–H and O–H groups in total. The summed E-state index contributed by atoms with van der Waals surface area (Å²) in [5.74, 6) is -0.162. The Bertz CT molecular complexity index is 1200. The van der Waals surface area contributed by atoms with Crippen LogP contribution in [0.5, 0.6) is 11.5 Å². The molecule has 1 aliphatic rings. The number of aliphatic hydroxyl groups excluding tert-OH is 1. The normalized spacial score (nSPS) is 15.8. The molecule has 0 aliphatic carbocycles. The van der Waals surface area contributed by atoms with Gasteiger partial charge in [0, 0.05) is 11.0 Å². The number of hydrogen-bond donors (Lipinski definition) is 1. The number of ketones is 1. The highest BCUT2D eigenvalue weighted by molar-refractivity contribution is 9.10. The summed E-state index contributed by atoms with van der Waals surface area (Å²) in [5, 5.41) is 12.6. The average molecular weight is 528 g/mol. The predicted molar refractivity (Wildman–Crippen MR) is 130 cm³/mol. The molecule has 0 bridgehead atoms. The largest absolute Gasteiger partial charge is 0.503 e. The number of carbonyl (C=O) groups excluding carboxylic acids is 2. The van der Waals surface area contributed by atoms with Gasteiger partial charge in [0.15, 0.2) is 17.3 Å². The second kappa shape index (κ2) is 9.80.